The smallest absolute Gasteiger partial charge is 0.240 e. The third-order valence-electron chi connectivity index (χ3n) is 4.58. The zero-order valence-corrected chi connectivity index (χ0v) is 18.9. The molecular formula is C21H23ClN4O2S2. The van der Waals surface area contributed by atoms with E-state index in [9.17, 15) is 8.42 Å². The van der Waals surface area contributed by atoms with Gasteiger partial charge in [0.25, 0.3) is 0 Å². The molecule has 158 valence electrons. The Morgan fingerprint density at radius 1 is 1.10 bits per heavy atom. The third-order valence-corrected chi connectivity index (χ3v) is 7.27. The highest BCUT2D eigenvalue weighted by Gasteiger charge is 2.17. The van der Waals surface area contributed by atoms with E-state index in [0.717, 1.165) is 34.3 Å². The van der Waals surface area contributed by atoms with Crippen LogP contribution in [0.25, 0.3) is 21.0 Å². The van der Waals surface area contributed by atoms with Gasteiger partial charge in [0.05, 0.1) is 20.1 Å². The van der Waals surface area contributed by atoms with E-state index < -0.39 is 10.0 Å². The standard InChI is InChI=1S/C21H22N4O2S2.ClH/c1-15(13-22-11-9-21-24-19-4-2-3-5-20(19)28-21)25-29(26,27)18-7-6-17-14-23-10-8-16(17)12-18;/h2-8,10,12,14-15,22,25H,9,11,13H2,1H3;1H. The zero-order chi connectivity index (χ0) is 20.3. The Balaban J connectivity index is 0.00000256. The molecule has 30 heavy (non-hydrogen) atoms. The first-order valence-corrected chi connectivity index (χ1v) is 11.7. The number of thiazole rings is 1. The molecule has 0 saturated heterocycles. The van der Waals surface area contributed by atoms with Crippen molar-refractivity contribution in [1.29, 1.82) is 0 Å². The summed E-state index contributed by atoms with van der Waals surface area (Å²) in [5, 5.41) is 6.16. The average Bonchev–Trinajstić information content (AvgIpc) is 3.13. The predicted octanol–water partition coefficient (Wildman–Crippen LogP) is 3.77. The summed E-state index contributed by atoms with van der Waals surface area (Å²) in [4.78, 5) is 8.93. The molecule has 0 radical (unpaired) electrons. The van der Waals surface area contributed by atoms with E-state index in [-0.39, 0.29) is 23.3 Å². The Hall–Kier alpha value is -2.10. The Labute approximate surface area is 186 Å². The summed E-state index contributed by atoms with van der Waals surface area (Å²) in [6.07, 6.45) is 4.19. The second kappa shape index (κ2) is 9.80. The zero-order valence-electron chi connectivity index (χ0n) is 16.4. The molecule has 0 aliphatic heterocycles. The van der Waals surface area contributed by atoms with Crippen molar-refractivity contribution in [2.45, 2.75) is 24.3 Å². The Morgan fingerprint density at radius 2 is 1.93 bits per heavy atom. The highest BCUT2D eigenvalue weighted by Crippen LogP contribution is 2.21. The molecule has 0 aliphatic carbocycles. The summed E-state index contributed by atoms with van der Waals surface area (Å²) < 4.78 is 29.3. The number of hydrogen-bond donors (Lipinski definition) is 2. The molecule has 6 nitrogen and oxygen atoms in total. The van der Waals surface area contributed by atoms with Crippen LogP contribution in [0.5, 0.6) is 0 Å². The molecule has 4 rings (SSSR count). The van der Waals surface area contributed by atoms with Crippen molar-refractivity contribution in [1.82, 2.24) is 20.0 Å². The fraction of sp³-hybridized carbons (Fsp3) is 0.238. The van der Waals surface area contributed by atoms with E-state index >= 15 is 0 Å². The van der Waals surface area contributed by atoms with Gasteiger partial charge in [-0.1, -0.05) is 18.2 Å². The number of hydrogen-bond acceptors (Lipinski definition) is 6. The molecule has 0 spiro atoms. The fourth-order valence-electron chi connectivity index (χ4n) is 3.14. The molecule has 0 amide bonds. The van der Waals surface area contributed by atoms with Crippen molar-refractivity contribution >= 4 is 54.8 Å². The quantitative estimate of drug-likeness (QED) is 0.389. The molecule has 2 N–H and O–H groups in total. The van der Waals surface area contributed by atoms with Crippen molar-refractivity contribution in [2.75, 3.05) is 13.1 Å². The molecule has 0 fully saturated rings. The van der Waals surface area contributed by atoms with Crippen LogP contribution in [0.2, 0.25) is 0 Å². The maximum Gasteiger partial charge on any atom is 0.240 e. The van der Waals surface area contributed by atoms with Gasteiger partial charge in [0, 0.05) is 43.3 Å². The number of para-hydroxylation sites is 1. The third kappa shape index (κ3) is 5.33. The SMILES string of the molecule is CC(CNCCc1nc2ccccc2s1)NS(=O)(=O)c1ccc2cnccc2c1.Cl. The lowest BCUT2D eigenvalue weighted by molar-refractivity contribution is 0.537. The van der Waals surface area contributed by atoms with Crippen LogP contribution < -0.4 is 10.0 Å². The summed E-state index contributed by atoms with van der Waals surface area (Å²) >= 11 is 1.70. The normalized spacial score (nSPS) is 12.7. The first-order chi connectivity index (χ1) is 14.0. The summed E-state index contributed by atoms with van der Waals surface area (Å²) in [6, 6.07) is 14.7. The number of halogens is 1. The summed E-state index contributed by atoms with van der Waals surface area (Å²) in [7, 11) is -3.58. The van der Waals surface area contributed by atoms with Crippen molar-refractivity contribution in [2.24, 2.45) is 0 Å². The molecule has 9 heteroatoms. The van der Waals surface area contributed by atoms with Gasteiger partial charge in [0.2, 0.25) is 10.0 Å². The second-order valence-corrected chi connectivity index (χ2v) is 9.77. The van der Waals surface area contributed by atoms with Gasteiger partial charge in [0.15, 0.2) is 0 Å². The number of sulfonamides is 1. The number of rotatable bonds is 8. The number of pyridine rings is 1. The molecule has 0 saturated carbocycles. The molecule has 2 heterocycles. The van der Waals surface area contributed by atoms with Crippen LogP contribution in [-0.4, -0.2) is 37.5 Å². The number of nitrogens with one attached hydrogen (secondary N) is 2. The van der Waals surface area contributed by atoms with Crippen molar-refractivity contribution in [3.63, 3.8) is 0 Å². The van der Waals surface area contributed by atoms with Gasteiger partial charge in [-0.3, -0.25) is 4.98 Å². The minimum atomic E-state index is -3.58. The topological polar surface area (TPSA) is 84.0 Å². The van der Waals surface area contributed by atoms with Crippen LogP contribution in [0, 0.1) is 0 Å². The molecule has 4 aromatic rings. The molecule has 0 aliphatic rings. The second-order valence-electron chi connectivity index (χ2n) is 6.94. The highest BCUT2D eigenvalue weighted by atomic mass is 35.5. The van der Waals surface area contributed by atoms with Gasteiger partial charge < -0.3 is 5.32 Å². The predicted molar refractivity (Wildman–Crippen MR) is 125 cm³/mol. The summed E-state index contributed by atoms with van der Waals surface area (Å²) in [5.74, 6) is 0. The molecular weight excluding hydrogens is 440 g/mol. The van der Waals surface area contributed by atoms with Crippen LogP contribution in [0.4, 0.5) is 0 Å². The van der Waals surface area contributed by atoms with Crippen molar-refractivity contribution in [3.05, 3.63) is 65.9 Å². The Morgan fingerprint density at radius 3 is 2.77 bits per heavy atom. The van der Waals surface area contributed by atoms with Gasteiger partial charge in [0.1, 0.15) is 0 Å². The van der Waals surface area contributed by atoms with E-state index in [1.807, 2.05) is 25.1 Å². The molecule has 0 bridgehead atoms. The Bertz CT molecular complexity index is 1210. The molecule has 1 unspecified atom stereocenters. The number of aromatic nitrogens is 2. The van der Waals surface area contributed by atoms with Gasteiger partial charge in [-0.05, 0) is 42.6 Å². The van der Waals surface area contributed by atoms with Gasteiger partial charge in [-0.15, -0.1) is 23.7 Å². The number of nitrogens with zero attached hydrogens (tertiary/aromatic N) is 2. The maximum atomic E-state index is 12.7. The first kappa shape index (κ1) is 22.6. The maximum absolute atomic E-state index is 12.7. The van der Waals surface area contributed by atoms with Gasteiger partial charge in [-0.25, -0.2) is 18.1 Å². The molecule has 2 aromatic carbocycles. The highest BCUT2D eigenvalue weighted by molar-refractivity contribution is 7.89. The first-order valence-electron chi connectivity index (χ1n) is 9.42. The lowest BCUT2D eigenvalue weighted by Crippen LogP contribution is -2.40. The lowest BCUT2D eigenvalue weighted by atomic mass is 10.2. The van der Waals surface area contributed by atoms with E-state index in [0.29, 0.717) is 6.54 Å². The van der Waals surface area contributed by atoms with Gasteiger partial charge in [-0.2, -0.15) is 0 Å². The van der Waals surface area contributed by atoms with Crippen LogP contribution >= 0.6 is 23.7 Å². The van der Waals surface area contributed by atoms with Crippen molar-refractivity contribution in [3.8, 4) is 0 Å². The lowest BCUT2D eigenvalue weighted by Gasteiger charge is -2.15. The minimum Gasteiger partial charge on any atom is -0.315 e. The van der Waals surface area contributed by atoms with E-state index in [2.05, 4.69) is 26.1 Å². The summed E-state index contributed by atoms with van der Waals surface area (Å²) in [5.41, 5.74) is 1.03. The molecule has 2 aromatic heterocycles. The van der Waals surface area contributed by atoms with Crippen molar-refractivity contribution < 1.29 is 8.42 Å². The fourth-order valence-corrected chi connectivity index (χ4v) is 5.39. The van der Waals surface area contributed by atoms with Crippen LogP contribution in [-0.2, 0) is 16.4 Å². The number of fused-ring (bicyclic) bond motifs is 2. The minimum absolute atomic E-state index is 0. The summed E-state index contributed by atoms with van der Waals surface area (Å²) in [6.45, 7) is 3.14. The van der Waals surface area contributed by atoms with Gasteiger partial charge >= 0.3 is 0 Å². The van der Waals surface area contributed by atoms with Crippen LogP contribution in [0.1, 0.15) is 11.9 Å². The monoisotopic (exact) mass is 462 g/mol. The Kier molecular flexibility index (Phi) is 7.38. The van der Waals surface area contributed by atoms with E-state index in [1.54, 1.807) is 48.0 Å². The average molecular weight is 463 g/mol. The largest absolute Gasteiger partial charge is 0.315 e. The number of benzene rings is 2. The molecule has 1 atom stereocenters. The van der Waals surface area contributed by atoms with E-state index in [1.165, 1.54) is 4.70 Å². The van der Waals surface area contributed by atoms with Crippen LogP contribution in [0.15, 0.2) is 65.8 Å². The van der Waals surface area contributed by atoms with Crippen LogP contribution in [0.3, 0.4) is 0 Å². The van der Waals surface area contributed by atoms with E-state index in [4.69, 9.17) is 0 Å².